The molecule has 0 unspecified atom stereocenters. The average molecular weight is 411 g/mol. The van der Waals surface area contributed by atoms with Gasteiger partial charge in [-0.2, -0.15) is 5.10 Å². The third-order valence-electron chi connectivity index (χ3n) is 3.28. The van der Waals surface area contributed by atoms with Crippen molar-refractivity contribution in [2.45, 2.75) is 0 Å². The van der Waals surface area contributed by atoms with Crippen LogP contribution in [0.5, 0.6) is 0 Å². The maximum atomic E-state index is 12.4. The van der Waals surface area contributed by atoms with E-state index in [0.717, 1.165) is 0 Å². The predicted molar refractivity (Wildman–Crippen MR) is 100 cm³/mol. The van der Waals surface area contributed by atoms with Crippen LogP contribution in [0, 0.1) is 0 Å². The van der Waals surface area contributed by atoms with Crippen molar-refractivity contribution in [2.24, 2.45) is 0 Å². The minimum absolute atomic E-state index is 0.0172. The van der Waals surface area contributed by atoms with Crippen molar-refractivity contribution in [3.8, 4) is 0 Å². The SMILES string of the molecule is O=C(Nc1ccc(Cl)nc1)c1n[nH]cc1NC(=O)c1c(Cl)cccc1Cl. The third kappa shape index (κ3) is 3.96. The van der Waals surface area contributed by atoms with Gasteiger partial charge in [0.2, 0.25) is 0 Å². The summed E-state index contributed by atoms with van der Waals surface area (Å²) < 4.78 is 0. The molecule has 0 aliphatic carbocycles. The van der Waals surface area contributed by atoms with Crippen molar-refractivity contribution >= 4 is 58.0 Å². The Morgan fingerprint density at radius 2 is 1.69 bits per heavy atom. The van der Waals surface area contributed by atoms with Crippen LogP contribution in [-0.2, 0) is 0 Å². The zero-order chi connectivity index (χ0) is 18.7. The number of aromatic nitrogens is 3. The van der Waals surface area contributed by atoms with Crippen LogP contribution in [0.1, 0.15) is 20.8 Å². The van der Waals surface area contributed by atoms with Crippen molar-refractivity contribution in [2.75, 3.05) is 10.6 Å². The Balaban J connectivity index is 1.79. The van der Waals surface area contributed by atoms with E-state index in [0.29, 0.717) is 10.8 Å². The number of carbonyl (C=O) groups excluding carboxylic acids is 2. The van der Waals surface area contributed by atoms with Gasteiger partial charge in [-0.15, -0.1) is 0 Å². The quantitative estimate of drug-likeness (QED) is 0.559. The molecule has 10 heteroatoms. The summed E-state index contributed by atoms with van der Waals surface area (Å²) in [6.45, 7) is 0. The van der Waals surface area contributed by atoms with Gasteiger partial charge in [-0.25, -0.2) is 4.98 Å². The van der Waals surface area contributed by atoms with Gasteiger partial charge in [0, 0.05) is 6.20 Å². The summed E-state index contributed by atoms with van der Waals surface area (Å²) in [4.78, 5) is 28.7. The van der Waals surface area contributed by atoms with Crippen LogP contribution < -0.4 is 10.6 Å². The molecule has 26 heavy (non-hydrogen) atoms. The fourth-order valence-electron chi connectivity index (χ4n) is 2.10. The summed E-state index contributed by atoms with van der Waals surface area (Å²) in [5.41, 5.74) is 0.681. The van der Waals surface area contributed by atoms with Crippen LogP contribution in [-0.4, -0.2) is 27.0 Å². The Labute approximate surface area is 162 Å². The molecule has 0 fully saturated rings. The Kier molecular flexibility index (Phi) is 5.41. The number of anilines is 2. The standard InChI is InChI=1S/C16H10Cl3N5O2/c17-9-2-1-3-10(18)13(9)15(25)23-11-7-21-24-14(11)16(26)22-8-4-5-12(19)20-6-8/h1-7H,(H,21,24)(H,22,26)(H,23,25). The lowest BCUT2D eigenvalue weighted by molar-refractivity contribution is 0.102. The molecule has 3 aromatic rings. The van der Waals surface area contributed by atoms with Gasteiger partial charge in [0.1, 0.15) is 5.15 Å². The molecule has 0 radical (unpaired) electrons. The molecule has 0 aliphatic rings. The molecular weight excluding hydrogens is 401 g/mol. The van der Waals surface area contributed by atoms with E-state index in [4.69, 9.17) is 34.8 Å². The lowest BCUT2D eigenvalue weighted by Gasteiger charge is -2.08. The molecule has 0 spiro atoms. The molecule has 0 aliphatic heterocycles. The fourth-order valence-corrected chi connectivity index (χ4v) is 2.78. The number of rotatable bonds is 4. The van der Waals surface area contributed by atoms with E-state index in [9.17, 15) is 9.59 Å². The number of nitrogens with zero attached hydrogens (tertiary/aromatic N) is 2. The highest BCUT2D eigenvalue weighted by Gasteiger charge is 2.20. The molecule has 3 rings (SSSR count). The first-order valence-electron chi connectivity index (χ1n) is 7.17. The van der Waals surface area contributed by atoms with E-state index in [1.165, 1.54) is 18.5 Å². The van der Waals surface area contributed by atoms with Crippen LogP contribution in [0.15, 0.2) is 42.7 Å². The Hall–Kier alpha value is -2.61. The Morgan fingerprint density at radius 3 is 2.35 bits per heavy atom. The molecule has 132 valence electrons. The number of amides is 2. The molecule has 0 atom stereocenters. The summed E-state index contributed by atoms with van der Waals surface area (Å²) >= 11 is 17.7. The highest BCUT2D eigenvalue weighted by Crippen LogP contribution is 2.26. The largest absolute Gasteiger partial charge is 0.319 e. The second-order valence-electron chi connectivity index (χ2n) is 5.02. The molecule has 7 nitrogen and oxygen atoms in total. The van der Waals surface area contributed by atoms with E-state index >= 15 is 0 Å². The molecular formula is C16H10Cl3N5O2. The highest BCUT2D eigenvalue weighted by molar-refractivity contribution is 6.40. The number of carbonyl (C=O) groups is 2. The summed E-state index contributed by atoms with van der Waals surface area (Å²) in [6.07, 6.45) is 2.77. The molecule has 2 aromatic heterocycles. The van der Waals surface area contributed by atoms with Crippen LogP contribution in [0.3, 0.4) is 0 Å². The van der Waals surface area contributed by atoms with E-state index < -0.39 is 11.8 Å². The van der Waals surface area contributed by atoms with Gasteiger partial charge in [-0.1, -0.05) is 40.9 Å². The number of nitrogens with one attached hydrogen (secondary N) is 3. The molecule has 2 amide bonds. The summed E-state index contributed by atoms with van der Waals surface area (Å²) in [7, 11) is 0. The van der Waals surface area contributed by atoms with Crippen LogP contribution in [0.2, 0.25) is 15.2 Å². The van der Waals surface area contributed by atoms with Gasteiger partial charge < -0.3 is 10.6 Å². The molecule has 0 saturated carbocycles. The first-order chi connectivity index (χ1) is 12.5. The number of hydrogen-bond donors (Lipinski definition) is 3. The van der Waals surface area contributed by atoms with Crippen molar-refractivity contribution in [3.63, 3.8) is 0 Å². The summed E-state index contributed by atoms with van der Waals surface area (Å²) in [6, 6.07) is 7.82. The smallest absolute Gasteiger partial charge is 0.278 e. The topological polar surface area (TPSA) is 99.8 Å². The van der Waals surface area contributed by atoms with Gasteiger partial charge in [0.25, 0.3) is 11.8 Å². The molecule has 1 aromatic carbocycles. The predicted octanol–water partition coefficient (Wildman–Crippen LogP) is 4.27. The van der Waals surface area contributed by atoms with Crippen molar-refractivity contribution in [1.82, 2.24) is 15.2 Å². The number of H-pyrrole nitrogens is 1. The third-order valence-corrected chi connectivity index (χ3v) is 4.13. The number of benzene rings is 1. The van der Waals surface area contributed by atoms with E-state index in [1.54, 1.807) is 24.3 Å². The number of hydrogen-bond acceptors (Lipinski definition) is 4. The van der Waals surface area contributed by atoms with E-state index in [-0.39, 0.29) is 27.0 Å². The van der Waals surface area contributed by atoms with Crippen LogP contribution in [0.25, 0.3) is 0 Å². The van der Waals surface area contributed by atoms with Crippen LogP contribution in [0.4, 0.5) is 11.4 Å². The van der Waals surface area contributed by atoms with E-state index in [2.05, 4.69) is 25.8 Å². The normalized spacial score (nSPS) is 10.4. The monoisotopic (exact) mass is 409 g/mol. The second kappa shape index (κ2) is 7.74. The first-order valence-corrected chi connectivity index (χ1v) is 8.31. The van der Waals surface area contributed by atoms with Gasteiger partial charge in [0.15, 0.2) is 5.69 Å². The van der Waals surface area contributed by atoms with Gasteiger partial charge >= 0.3 is 0 Å². The van der Waals surface area contributed by atoms with Crippen molar-refractivity contribution in [1.29, 1.82) is 0 Å². The maximum absolute atomic E-state index is 12.4. The van der Waals surface area contributed by atoms with Gasteiger partial charge in [0.05, 0.1) is 33.2 Å². The fraction of sp³-hybridized carbons (Fsp3) is 0. The molecule has 0 bridgehead atoms. The Morgan fingerprint density at radius 1 is 0.962 bits per heavy atom. The number of halogens is 3. The lowest BCUT2D eigenvalue weighted by Crippen LogP contribution is -2.18. The molecule has 3 N–H and O–H groups in total. The second-order valence-corrected chi connectivity index (χ2v) is 6.22. The minimum Gasteiger partial charge on any atom is -0.319 e. The zero-order valence-corrected chi connectivity index (χ0v) is 15.2. The average Bonchev–Trinajstić information content (AvgIpc) is 3.05. The summed E-state index contributed by atoms with van der Waals surface area (Å²) in [5, 5.41) is 12.2. The van der Waals surface area contributed by atoms with Gasteiger partial charge in [-0.05, 0) is 24.3 Å². The van der Waals surface area contributed by atoms with Gasteiger partial charge in [-0.3, -0.25) is 14.7 Å². The van der Waals surface area contributed by atoms with Crippen molar-refractivity contribution < 1.29 is 9.59 Å². The zero-order valence-electron chi connectivity index (χ0n) is 12.9. The maximum Gasteiger partial charge on any atom is 0.278 e. The molecule has 0 saturated heterocycles. The van der Waals surface area contributed by atoms with Crippen LogP contribution >= 0.6 is 34.8 Å². The lowest BCUT2D eigenvalue weighted by atomic mass is 10.2. The first kappa shape index (κ1) is 18.2. The summed E-state index contributed by atoms with van der Waals surface area (Å²) in [5.74, 6) is -1.11. The van der Waals surface area contributed by atoms with E-state index in [1.807, 2.05) is 0 Å². The van der Waals surface area contributed by atoms with Crippen molar-refractivity contribution in [3.05, 3.63) is 69.2 Å². The molecule has 2 heterocycles. The Bertz CT molecular complexity index is 952. The number of aromatic amines is 1. The number of pyridine rings is 1. The minimum atomic E-state index is -0.566. The highest BCUT2D eigenvalue weighted by atomic mass is 35.5.